The maximum Gasteiger partial charge on any atom is 0.0387 e. The molecule has 1 nitrogen and oxygen atoms in total. The Morgan fingerprint density at radius 2 is 1.68 bits per heavy atom. The van der Waals surface area contributed by atoms with Crippen molar-refractivity contribution in [2.24, 2.45) is 0 Å². The van der Waals surface area contributed by atoms with E-state index in [9.17, 15) is 0 Å². The van der Waals surface area contributed by atoms with Gasteiger partial charge < -0.3 is 5.32 Å². The van der Waals surface area contributed by atoms with Gasteiger partial charge in [-0.15, -0.1) is 11.8 Å². The molecule has 1 heterocycles. The molecule has 0 bridgehead atoms. The molecule has 22 heavy (non-hydrogen) atoms. The van der Waals surface area contributed by atoms with E-state index in [0.717, 1.165) is 5.69 Å². The fourth-order valence-electron chi connectivity index (χ4n) is 4.12. The molecule has 2 aliphatic rings. The summed E-state index contributed by atoms with van der Waals surface area (Å²) in [7, 11) is 0. The number of nitrogens with one attached hydrogen (secondary N) is 1. The molecule has 0 radical (unpaired) electrons. The molecule has 0 spiro atoms. The van der Waals surface area contributed by atoms with Crippen LogP contribution in [0, 0.1) is 0 Å². The monoisotopic (exact) mass is 309 g/mol. The summed E-state index contributed by atoms with van der Waals surface area (Å²) in [5.41, 5.74) is 4.24. The zero-order chi connectivity index (χ0) is 15.2. The maximum atomic E-state index is 3.55. The van der Waals surface area contributed by atoms with E-state index in [0.29, 0.717) is 10.2 Å². The van der Waals surface area contributed by atoms with Crippen molar-refractivity contribution in [2.45, 2.75) is 54.6 Å². The van der Waals surface area contributed by atoms with Crippen molar-refractivity contribution in [1.29, 1.82) is 0 Å². The molecule has 0 amide bonds. The maximum absolute atomic E-state index is 3.55. The van der Waals surface area contributed by atoms with E-state index in [-0.39, 0.29) is 0 Å². The van der Waals surface area contributed by atoms with Crippen molar-refractivity contribution >= 4 is 23.1 Å². The van der Waals surface area contributed by atoms with Crippen molar-refractivity contribution < 1.29 is 0 Å². The normalized spacial score (nSPS) is 29.7. The second kappa shape index (κ2) is 5.06. The van der Waals surface area contributed by atoms with Gasteiger partial charge in [0.25, 0.3) is 0 Å². The highest BCUT2D eigenvalue weighted by Crippen LogP contribution is 2.63. The fourth-order valence-corrected chi connectivity index (χ4v) is 5.82. The summed E-state index contributed by atoms with van der Waals surface area (Å²) in [6, 6.07) is 17.4. The van der Waals surface area contributed by atoms with Gasteiger partial charge in [-0.1, -0.05) is 38.0 Å². The molecule has 2 unspecified atom stereocenters. The Bertz CT molecular complexity index is 696. The van der Waals surface area contributed by atoms with E-state index in [1.165, 1.54) is 36.3 Å². The molecule has 1 saturated carbocycles. The number of rotatable bonds is 2. The zero-order valence-electron chi connectivity index (χ0n) is 13.4. The number of thioether (sulfide) groups is 1. The summed E-state index contributed by atoms with van der Waals surface area (Å²) >= 11 is 2.11. The summed E-state index contributed by atoms with van der Waals surface area (Å²) < 4.78 is 0.374. The smallest absolute Gasteiger partial charge is 0.0387 e. The van der Waals surface area contributed by atoms with Crippen LogP contribution in [-0.4, -0.2) is 4.75 Å². The van der Waals surface area contributed by atoms with Gasteiger partial charge >= 0.3 is 0 Å². The number of para-hydroxylation sites is 1. The molecule has 1 N–H and O–H groups in total. The Balaban J connectivity index is 1.71. The van der Waals surface area contributed by atoms with E-state index in [1.807, 2.05) is 0 Å². The van der Waals surface area contributed by atoms with Gasteiger partial charge in [-0.05, 0) is 55.7 Å². The lowest BCUT2D eigenvalue weighted by atomic mass is 9.64. The van der Waals surface area contributed by atoms with Gasteiger partial charge in [-0.2, -0.15) is 0 Å². The molecule has 1 fully saturated rings. The summed E-state index contributed by atoms with van der Waals surface area (Å²) in [6.07, 6.45) is 5.40. The predicted molar refractivity (Wildman–Crippen MR) is 96.2 cm³/mol. The largest absolute Gasteiger partial charge is 0.356 e. The number of hydrogen-bond acceptors (Lipinski definition) is 2. The van der Waals surface area contributed by atoms with Crippen LogP contribution in [0.1, 0.15) is 45.1 Å². The second-order valence-electron chi connectivity index (χ2n) is 7.07. The Labute approximate surface area is 137 Å². The van der Waals surface area contributed by atoms with Crippen LogP contribution < -0.4 is 5.32 Å². The van der Waals surface area contributed by atoms with Crippen molar-refractivity contribution in [3.8, 4) is 0 Å². The molecule has 1 aliphatic heterocycles. The first kappa shape index (κ1) is 14.2. The molecule has 1 aliphatic carbocycles. The lowest BCUT2D eigenvalue weighted by molar-refractivity contribution is 0.260. The van der Waals surface area contributed by atoms with Gasteiger partial charge in [0.1, 0.15) is 0 Å². The fraction of sp³-hybridized carbons (Fsp3) is 0.400. The summed E-state index contributed by atoms with van der Waals surface area (Å²) in [6.45, 7) is 4.96. The summed E-state index contributed by atoms with van der Waals surface area (Å²) in [5, 5.41) is 3.55. The zero-order valence-corrected chi connectivity index (χ0v) is 14.2. The van der Waals surface area contributed by atoms with Gasteiger partial charge in [-0.25, -0.2) is 0 Å². The van der Waals surface area contributed by atoms with Crippen LogP contribution in [0.15, 0.2) is 53.4 Å². The molecule has 0 saturated heterocycles. The molecular formula is C20H23NS. The van der Waals surface area contributed by atoms with Crippen LogP contribution in [0.4, 0.5) is 11.4 Å². The lowest BCUT2D eigenvalue weighted by Gasteiger charge is -2.45. The van der Waals surface area contributed by atoms with Gasteiger partial charge in [0.2, 0.25) is 0 Å². The molecule has 114 valence electrons. The van der Waals surface area contributed by atoms with Crippen LogP contribution in [0.25, 0.3) is 0 Å². The van der Waals surface area contributed by atoms with E-state index in [2.05, 4.69) is 79.5 Å². The standard InChI is InChI=1S/C20H23NS/c1-19-12-6-7-13-20(19,2)22-18-11-10-16(14-17(18)19)21-15-8-4-3-5-9-15/h3-5,8-11,14,21H,6-7,12-13H2,1-2H3. The highest BCUT2D eigenvalue weighted by atomic mass is 32.2. The minimum Gasteiger partial charge on any atom is -0.356 e. The molecule has 0 aromatic heterocycles. The minimum absolute atomic E-state index is 0.319. The van der Waals surface area contributed by atoms with E-state index < -0.39 is 0 Å². The first-order valence-electron chi connectivity index (χ1n) is 8.26. The SMILES string of the molecule is CC12CCCCC1(C)c1cc(Nc3ccccc3)ccc1S2. The third-order valence-electron chi connectivity index (χ3n) is 5.72. The van der Waals surface area contributed by atoms with Crippen LogP contribution >= 0.6 is 11.8 Å². The summed E-state index contributed by atoms with van der Waals surface area (Å²) in [5.74, 6) is 0. The Morgan fingerprint density at radius 1 is 0.909 bits per heavy atom. The number of benzene rings is 2. The first-order chi connectivity index (χ1) is 10.6. The van der Waals surface area contributed by atoms with Gasteiger partial charge in [0, 0.05) is 26.4 Å². The third kappa shape index (κ3) is 2.08. The predicted octanol–water partition coefficient (Wildman–Crippen LogP) is 6.13. The number of anilines is 2. The van der Waals surface area contributed by atoms with Crippen molar-refractivity contribution in [2.75, 3.05) is 5.32 Å². The quantitative estimate of drug-likeness (QED) is 0.716. The average molecular weight is 309 g/mol. The van der Waals surface area contributed by atoms with Gasteiger partial charge in [0.15, 0.2) is 0 Å². The molecule has 2 aromatic rings. The van der Waals surface area contributed by atoms with Crippen LogP contribution in [0.5, 0.6) is 0 Å². The van der Waals surface area contributed by atoms with E-state index in [4.69, 9.17) is 0 Å². The minimum atomic E-state index is 0.319. The molecule has 2 atom stereocenters. The molecule has 2 aromatic carbocycles. The van der Waals surface area contributed by atoms with Crippen LogP contribution in [-0.2, 0) is 5.41 Å². The Hall–Kier alpha value is -1.41. The number of fused-ring (bicyclic) bond motifs is 3. The topological polar surface area (TPSA) is 12.0 Å². The average Bonchev–Trinajstić information content (AvgIpc) is 2.76. The molecule has 4 rings (SSSR count). The number of hydrogen-bond donors (Lipinski definition) is 1. The van der Waals surface area contributed by atoms with Crippen LogP contribution in [0.3, 0.4) is 0 Å². The van der Waals surface area contributed by atoms with E-state index in [1.54, 1.807) is 5.56 Å². The first-order valence-corrected chi connectivity index (χ1v) is 9.08. The van der Waals surface area contributed by atoms with E-state index >= 15 is 0 Å². The Kier molecular flexibility index (Phi) is 3.26. The second-order valence-corrected chi connectivity index (χ2v) is 8.62. The van der Waals surface area contributed by atoms with Crippen LogP contribution in [0.2, 0.25) is 0 Å². The van der Waals surface area contributed by atoms with Gasteiger partial charge in [-0.3, -0.25) is 0 Å². The Morgan fingerprint density at radius 3 is 2.50 bits per heavy atom. The van der Waals surface area contributed by atoms with Crippen molar-refractivity contribution in [1.82, 2.24) is 0 Å². The highest BCUT2D eigenvalue weighted by Gasteiger charge is 2.53. The third-order valence-corrected chi connectivity index (χ3v) is 7.40. The highest BCUT2D eigenvalue weighted by molar-refractivity contribution is 8.01. The van der Waals surface area contributed by atoms with Crippen molar-refractivity contribution in [3.63, 3.8) is 0 Å². The summed E-state index contributed by atoms with van der Waals surface area (Å²) in [4.78, 5) is 1.49. The lowest BCUT2D eigenvalue weighted by Crippen LogP contribution is -2.43. The van der Waals surface area contributed by atoms with Gasteiger partial charge in [0.05, 0.1) is 0 Å². The molecule has 2 heteroatoms. The van der Waals surface area contributed by atoms with Crippen molar-refractivity contribution in [3.05, 3.63) is 54.1 Å². The molecular weight excluding hydrogens is 286 g/mol.